The summed E-state index contributed by atoms with van der Waals surface area (Å²) in [5.74, 6) is 0.664. The third kappa shape index (κ3) is 3.49. The topological polar surface area (TPSA) is 50.9 Å². The first-order valence-corrected chi connectivity index (χ1v) is 6.61. The first-order valence-electron chi connectivity index (χ1n) is 5.04. The van der Waals surface area contributed by atoms with Crippen LogP contribution in [0.2, 0.25) is 9.36 Å². The lowest BCUT2D eigenvalue weighted by Crippen LogP contribution is -2.07. The summed E-state index contributed by atoms with van der Waals surface area (Å²) in [4.78, 5) is 5.36. The Morgan fingerprint density at radius 2 is 2.18 bits per heavy atom. The van der Waals surface area contributed by atoms with E-state index in [1.807, 2.05) is 12.1 Å². The van der Waals surface area contributed by atoms with Crippen LogP contribution < -0.4 is 11.1 Å². The number of nitrogens with zero attached hydrogens (tertiary/aromatic N) is 1. The predicted octanol–water partition coefficient (Wildman–Crippen LogP) is 3.69. The lowest BCUT2D eigenvalue weighted by molar-refractivity contribution is 1.03. The van der Waals surface area contributed by atoms with E-state index in [0.717, 1.165) is 17.3 Å². The van der Waals surface area contributed by atoms with Crippen LogP contribution in [0, 0.1) is 0 Å². The van der Waals surface area contributed by atoms with Crippen LogP contribution in [0.5, 0.6) is 0 Å². The molecule has 2 rings (SSSR count). The third-order valence-corrected chi connectivity index (χ3v) is 3.67. The molecule has 90 valence electrons. The number of nitrogen functional groups attached to an aromatic ring is 1. The molecule has 3 nitrogen and oxygen atoms in total. The second-order valence-corrected chi connectivity index (χ2v) is 5.71. The van der Waals surface area contributed by atoms with Crippen molar-refractivity contribution in [3.05, 3.63) is 38.6 Å². The number of hydrogen-bond acceptors (Lipinski definition) is 4. The predicted molar refractivity (Wildman–Crippen MR) is 75.2 cm³/mol. The molecule has 0 amide bonds. The maximum Gasteiger partial charge on any atom is 0.149 e. The molecule has 0 saturated heterocycles. The quantitative estimate of drug-likeness (QED) is 0.902. The second kappa shape index (κ2) is 5.58. The van der Waals surface area contributed by atoms with Crippen molar-refractivity contribution in [2.24, 2.45) is 0 Å². The van der Waals surface area contributed by atoms with Crippen LogP contribution in [-0.2, 0) is 6.42 Å². The molecule has 0 saturated carbocycles. The fourth-order valence-electron chi connectivity index (χ4n) is 1.39. The molecule has 0 radical (unpaired) electrons. The van der Waals surface area contributed by atoms with Crippen molar-refractivity contribution >= 4 is 46.0 Å². The Hall–Kier alpha value is -0.970. The van der Waals surface area contributed by atoms with Crippen LogP contribution in [0.1, 0.15) is 4.88 Å². The Kier molecular flexibility index (Phi) is 4.10. The number of nitrogens with two attached hydrogens (primary N) is 1. The van der Waals surface area contributed by atoms with E-state index in [9.17, 15) is 0 Å². The molecule has 0 aromatic carbocycles. The van der Waals surface area contributed by atoms with Crippen molar-refractivity contribution in [2.45, 2.75) is 6.42 Å². The van der Waals surface area contributed by atoms with Crippen molar-refractivity contribution in [3.63, 3.8) is 0 Å². The minimum absolute atomic E-state index is 0.540. The molecule has 0 bridgehead atoms. The standard InChI is InChI=1S/C11H11Cl2N3S/c12-7-5-9(14)11(16-6-7)15-4-3-8-1-2-10(13)17-8/h1-2,5-6H,3-4,14H2,(H,15,16). The number of thiophene rings is 1. The second-order valence-electron chi connectivity index (χ2n) is 3.47. The Labute approximate surface area is 114 Å². The maximum absolute atomic E-state index is 5.85. The highest BCUT2D eigenvalue weighted by Crippen LogP contribution is 2.22. The molecule has 0 atom stereocenters. The molecule has 2 heterocycles. The van der Waals surface area contributed by atoms with Gasteiger partial charge in [-0.05, 0) is 24.6 Å². The van der Waals surface area contributed by atoms with E-state index in [4.69, 9.17) is 28.9 Å². The average Bonchev–Trinajstić information content (AvgIpc) is 2.68. The van der Waals surface area contributed by atoms with Crippen molar-refractivity contribution in [1.82, 2.24) is 4.98 Å². The molecule has 0 unspecified atom stereocenters. The van der Waals surface area contributed by atoms with Crippen molar-refractivity contribution in [2.75, 3.05) is 17.6 Å². The summed E-state index contributed by atoms with van der Waals surface area (Å²) in [5.41, 5.74) is 6.33. The third-order valence-electron chi connectivity index (χ3n) is 2.18. The van der Waals surface area contributed by atoms with Crippen molar-refractivity contribution < 1.29 is 0 Å². The van der Waals surface area contributed by atoms with Gasteiger partial charge in [0.1, 0.15) is 5.82 Å². The Balaban J connectivity index is 1.90. The zero-order chi connectivity index (χ0) is 12.3. The van der Waals surface area contributed by atoms with E-state index in [0.29, 0.717) is 16.5 Å². The highest BCUT2D eigenvalue weighted by molar-refractivity contribution is 7.16. The number of pyridine rings is 1. The molecule has 2 aromatic heterocycles. The van der Waals surface area contributed by atoms with Gasteiger partial charge >= 0.3 is 0 Å². The lowest BCUT2D eigenvalue weighted by Gasteiger charge is -2.07. The molecule has 17 heavy (non-hydrogen) atoms. The number of halogens is 2. The van der Waals surface area contributed by atoms with Gasteiger partial charge in [-0.2, -0.15) is 0 Å². The Morgan fingerprint density at radius 1 is 1.35 bits per heavy atom. The molecular formula is C11H11Cl2N3S. The van der Waals surface area contributed by atoms with Crippen LogP contribution in [0.4, 0.5) is 11.5 Å². The van der Waals surface area contributed by atoms with Gasteiger partial charge in [0, 0.05) is 17.6 Å². The smallest absolute Gasteiger partial charge is 0.149 e. The van der Waals surface area contributed by atoms with Crippen molar-refractivity contribution in [1.29, 1.82) is 0 Å². The van der Waals surface area contributed by atoms with E-state index >= 15 is 0 Å². The summed E-state index contributed by atoms with van der Waals surface area (Å²) in [6.07, 6.45) is 2.46. The molecule has 0 aliphatic carbocycles. The highest BCUT2D eigenvalue weighted by Gasteiger charge is 2.02. The average molecular weight is 288 g/mol. The molecule has 0 aliphatic heterocycles. The minimum Gasteiger partial charge on any atom is -0.396 e. The maximum atomic E-state index is 5.85. The van der Waals surface area contributed by atoms with Crippen molar-refractivity contribution in [3.8, 4) is 0 Å². The van der Waals surface area contributed by atoms with E-state index in [1.54, 1.807) is 23.6 Å². The molecule has 2 aromatic rings. The van der Waals surface area contributed by atoms with Crippen LogP contribution in [-0.4, -0.2) is 11.5 Å². The molecule has 0 fully saturated rings. The first kappa shape index (κ1) is 12.5. The summed E-state index contributed by atoms with van der Waals surface area (Å²) in [7, 11) is 0. The molecular weight excluding hydrogens is 277 g/mol. The summed E-state index contributed by atoms with van der Waals surface area (Å²) in [5, 5.41) is 3.71. The fourth-order valence-corrected chi connectivity index (χ4v) is 2.65. The SMILES string of the molecule is Nc1cc(Cl)cnc1NCCc1ccc(Cl)s1. The lowest BCUT2D eigenvalue weighted by atomic mass is 10.3. The van der Waals surface area contributed by atoms with E-state index < -0.39 is 0 Å². The number of hydrogen-bond donors (Lipinski definition) is 2. The highest BCUT2D eigenvalue weighted by atomic mass is 35.5. The Morgan fingerprint density at radius 3 is 2.82 bits per heavy atom. The zero-order valence-electron chi connectivity index (χ0n) is 8.91. The van der Waals surface area contributed by atoms with Gasteiger partial charge in [0.05, 0.1) is 15.0 Å². The largest absolute Gasteiger partial charge is 0.396 e. The zero-order valence-corrected chi connectivity index (χ0v) is 11.2. The number of nitrogens with one attached hydrogen (secondary N) is 1. The molecule has 0 spiro atoms. The first-order chi connectivity index (χ1) is 8.15. The van der Waals surface area contributed by atoms with Gasteiger partial charge in [0.25, 0.3) is 0 Å². The van der Waals surface area contributed by atoms with Crippen LogP contribution >= 0.6 is 34.5 Å². The number of aromatic nitrogens is 1. The van der Waals surface area contributed by atoms with Crippen LogP contribution in [0.15, 0.2) is 24.4 Å². The van der Waals surface area contributed by atoms with E-state index in [2.05, 4.69) is 10.3 Å². The summed E-state index contributed by atoms with van der Waals surface area (Å²) in [6, 6.07) is 5.60. The van der Waals surface area contributed by atoms with Gasteiger partial charge in [-0.3, -0.25) is 0 Å². The number of anilines is 2. The molecule has 6 heteroatoms. The Bertz CT molecular complexity index is 513. The minimum atomic E-state index is 0.540. The normalized spacial score (nSPS) is 10.5. The van der Waals surface area contributed by atoms with E-state index in [-0.39, 0.29) is 0 Å². The van der Waals surface area contributed by atoms with Gasteiger partial charge in [-0.1, -0.05) is 23.2 Å². The number of rotatable bonds is 4. The fraction of sp³-hybridized carbons (Fsp3) is 0.182. The van der Waals surface area contributed by atoms with Gasteiger partial charge in [0.2, 0.25) is 0 Å². The monoisotopic (exact) mass is 287 g/mol. The summed E-state index contributed by atoms with van der Waals surface area (Å²) >= 11 is 13.2. The van der Waals surface area contributed by atoms with E-state index in [1.165, 1.54) is 4.88 Å². The van der Waals surface area contributed by atoms with Crippen LogP contribution in [0.25, 0.3) is 0 Å². The van der Waals surface area contributed by atoms with Gasteiger partial charge in [-0.15, -0.1) is 11.3 Å². The summed E-state index contributed by atoms with van der Waals surface area (Å²) < 4.78 is 0.809. The van der Waals surface area contributed by atoms with Crippen LogP contribution in [0.3, 0.4) is 0 Å². The van der Waals surface area contributed by atoms with Gasteiger partial charge in [-0.25, -0.2) is 4.98 Å². The molecule has 0 aliphatic rings. The van der Waals surface area contributed by atoms with Gasteiger partial charge < -0.3 is 11.1 Å². The van der Waals surface area contributed by atoms with Gasteiger partial charge in [0.15, 0.2) is 0 Å². The molecule has 3 N–H and O–H groups in total. The summed E-state index contributed by atoms with van der Waals surface area (Å²) in [6.45, 7) is 0.760.